The van der Waals surface area contributed by atoms with Crippen LogP contribution in [0.2, 0.25) is 0 Å². The summed E-state index contributed by atoms with van der Waals surface area (Å²) in [6.07, 6.45) is 0.671. The monoisotopic (exact) mass is 286 g/mol. The van der Waals surface area contributed by atoms with E-state index in [1.165, 1.54) is 0 Å². The van der Waals surface area contributed by atoms with Gasteiger partial charge in [-0.2, -0.15) is 0 Å². The molecule has 1 aromatic heterocycles. The Hall–Kier alpha value is -2.56. The average molecular weight is 286 g/mol. The van der Waals surface area contributed by atoms with Gasteiger partial charge in [-0.1, -0.05) is 18.1 Å². The molecule has 0 aliphatic heterocycles. The van der Waals surface area contributed by atoms with Crippen LogP contribution >= 0.6 is 0 Å². The second-order valence-electron chi connectivity index (χ2n) is 4.38. The van der Waals surface area contributed by atoms with Gasteiger partial charge in [0.25, 0.3) is 0 Å². The van der Waals surface area contributed by atoms with Crippen molar-refractivity contribution >= 4 is 5.71 Å². The van der Waals surface area contributed by atoms with E-state index in [1.54, 1.807) is 13.2 Å². The van der Waals surface area contributed by atoms with Crippen molar-refractivity contribution < 1.29 is 14.7 Å². The number of benzene rings is 1. The largest absolute Gasteiger partial charge is 0.487 e. The molecule has 2 rings (SSSR count). The first-order chi connectivity index (χ1) is 10.3. The number of aromatic nitrogens is 1. The zero-order valence-electron chi connectivity index (χ0n) is 12.1. The molecule has 1 N–H and O–H groups in total. The summed E-state index contributed by atoms with van der Waals surface area (Å²) in [6.45, 7) is 2.30. The van der Waals surface area contributed by atoms with Gasteiger partial charge >= 0.3 is 0 Å². The summed E-state index contributed by atoms with van der Waals surface area (Å²) >= 11 is 0. The molecule has 0 atom stereocenters. The summed E-state index contributed by atoms with van der Waals surface area (Å²) in [4.78, 5) is 4.28. The summed E-state index contributed by atoms with van der Waals surface area (Å²) < 4.78 is 10.7. The maximum absolute atomic E-state index is 8.89. The molecule has 0 unspecified atom stereocenters. The lowest BCUT2D eigenvalue weighted by atomic mass is 10.1. The molecule has 0 fully saturated rings. The Balaban J connectivity index is 2.00. The van der Waals surface area contributed by atoms with E-state index in [4.69, 9.17) is 14.7 Å². The number of rotatable bonds is 6. The third-order valence-electron chi connectivity index (χ3n) is 3.02. The molecular formula is C16H18N2O3. The first-order valence-corrected chi connectivity index (χ1v) is 6.71. The first kappa shape index (κ1) is 14.8. The van der Waals surface area contributed by atoms with E-state index in [1.807, 2.05) is 43.3 Å². The molecule has 0 amide bonds. The van der Waals surface area contributed by atoms with Crippen LogP contribution in [-0.4, -0.2) is 23.0 Å². The predicted octanol–water partition coefficient (Wildman–Crippen LogP) is 3.26. The summed E-state index contributed by atoms with van der Waals surface area (Å²) in [5.74, 6) is 1.30. The SMILES string of the molecule is CCC(=NO)c1ccc(OCc2cccc(OC)n2)cc1. The van der Waals surface area contributed by atoms with E-state index in [0.29, 0.717) is 24.6 Å². The van der Waals surface area contributed by atoms with Gasteiger partial charge < -0.3 is 14.7 Å². The van der Waals surface area contributed by atoms with Crippen LogP contribution < -0.4 is 9.47 Å². The van der Waals surface area contributed by atoms with Crippen molar-refractivity contribution in [2.24, 2.45) is 5.16 Å². The maximum atomic E-state index is 8.89. The predicted molar refractivity (Wildman–Crippen MR) is 80.2 cm³/mol. The van der Waals surface area contributed by atoms with Crippen molar-refractivity contribution in [3.63, 3.8) is 0 Å². The topological polar surface area (TPSA) is 63.9 Å². The van der Waals surface area contributed by atoms with E-state index >= 15 is 0 Å². The minimum atomic E-state index is 0.366. The molecule has 0 aliphatic rings. The lowest BCUT2D eigenvalue weighted by Gasteiger charge is -2.08. The van der Waals surface area contributed by atoms with Crippen LogP contribution in [0.4, 0.5) is 0 Å². The highest BCUT2D eigenvalue weighted by Crippen LogP contribution is 2.16. The van der Waals surface area contributed by atoms with Crippen molar-refractivity contribution in [3.8, 4) is 11.6 Å². The molecule has 5 nitrogen and oxygen atoms in total. The Morgan fingerprint density at radius 2 is 1.95 bits per heavy atom. The highest BCUT2D eigenvalue weighted by atomic mass is 16.5. The molecule has 0 saturated carbocycles. The van der Waals surface area contributed by atoms with Crippen molar-refractivity contribution in [3.05, 3.63) is 53.7 Å². The van der Waals surface area contributed by atoms with Crippen molar-refractivity contribution in [2.75, 3.05) is 7.11 Å². The van der Waals surface area contributed by atoms with E-state index in [-0.39, 0.29) is 0 Å². The fourth-order valence-corrected chi connectivity index (χ4v) is 1.89. The zero-order valence-corrected chi connectivity index (χ0v) is 12.1. The lowest BCUT2D eigenvalue weighted by molar-refractivity contribution is 0.298. The molecule has 0 saturated heterocycles. The van der Waals surface area contributed by atoms with Gasteiger partial charge in [0.05, 0.1) is 18.5 Å². The van der Waals surface area contributed by atoms with Gasteiger partial charge in [0, 0.05) is 6.07 Å². The number of ether oxygens (including phenoxy) is 2. The molecule has 0 aliphatic carbocycles. The van der Waals surface area contributed by atoms with Crippen LogP contribution in [-0.2, 0) is 6.61 Å². The summed E-state index contributed by atoms with van der Waals surface area (Å²) in [5.41, 5.74) is 2.33. The van der Waals surface area contributed by atoms with Gasteiger partial charge in [-0.3, -0.25) is 0 Å². The van der Waals surface area contributed by atoms with Crippen LogP contribution in [0, 0.1) is 0 Å². The summed E-state index contributed by atoms with van der Waals surface area (Å²) in [7, 11) is 1.58. The molecule has 2 aromatic rings. The Labute approximate surface area is 123 Å². The van der Waals surface area contributed by atoms with E-state index in [0.717, 1.165) is 17.0 Å². The first-order valence-electron chi connectivity index (χ1n) is 6.71. The minimum absolute atomic E-state index is 0.366. The van der Waals surface area contributed by atoms with Crippen LogP contribution in [0.3, 0.4) is 0 Å². The van der Waals surface area contributed by atoms with Crippen LogP contribution in [0.15, 0.2) is 47.6 Å². The van der Waals surface area contributed by atoms with Gasteiger partial charge in [-0.05, 0) is 42.3 Å². The highest BCUT2D eigenvalue weighted by Gasteiger charge is 2.03. The fourth-order valence-electron chi connectivity index (χ4n) is 1.89. The molecule has 1 heterocycles. The Bertz CT molecular complexity index is 609. The molecule has 1 aromatic carbocycles. The minimum Gasteiger partial charge on any atom is -0.487 e. The van der Waals surface area contributed by atoms with E-state index in [2.05, 4.69) is 10.1 Å². The second kappa shape index (κ2) is 7.28. The van der Waals surface area contributed by atoms with E-state index in [9.17, 15) is 0 Å². The average Bonchev–Trinajstić information content (AvgIpc) is 2.55. The lowest BCUT2D eigenvalue weighted by Crippen LogP contribution is -2.01. The van der Waals surface area contributed by atoms with Gasteiger partial charge in [-0.25, -0.2) is 4.98 Å². The Morgan fingerprint density at radius 1 is 1.19 bits per heavy atom. The van der Waals surface area contributed by atoms with Gasteiger partial charge in [0.15, 0.2) is 0 Å². The smallest absolute Gasteiger partial charge is 0.213 e. The number of nitrogens with zero attached hydrogens (tertiary/aromatic N) is 2. The highest BCUT2D eigenvalue weighted by molar-refractivity contribution is 6.00. The summed E-state index contributed by atoms with van der Waals surface area (Å²) in [6, 6.07) is 13.0. The van der Waals surface area contributed by atoms with Crippen LogP contribution in [0.25, 0.3) is 0 Å². The zero-order chi connectivity index (χ0) is 15.1. The molecule has 21 heavy (non-hydrogen) atoms. The Kier molecular flexibility index (Phi) is 5.15. The number of oxime groups is 1. The molecule has 5 heteroatoms. The molecule has 0 spiro atoms. The Morgan fingerprint density at radius 3 is 2.57 bits per heavy atom. The number of hydrogen-bond acceptors (Lipinski definition) is 5. The van der Waals surface area contributed by atoms with Crippen molar-refractivity contribution in [1.29, 1.82) is 0 Å². The van der Waals surface area contributed by atoms with Gasteiger partial charge in [-0.15, -0.1) is 0 Å². The maximum Gasteiger partial charge on any atom is 0.213 e. The van der Waals surface area contributed by atoms with Gasteiger partial charge in [0.1, 0.15) is 12.4 Å². The number of hydrogen-bond donors (Lipinski definition) is 1. The number of pyridine rings is 1. The normalized spacial score (nSPS) is 11.2. The van der Waals surface area contributed by atoms with Crippen LogP contribution in [0.1, 0.15) is 24.6 Å². The van der Waals surface area contributed by atoms with Crippen molar-refractivity contribution in [2.45, 2.75) is 20.0 Å². The number of methoxy groups -OCH3 is 1. The quantitative estimate of drug-likeness (QED) is 0.503. The standard InChI is InChI=1S/C16H18N2O3/c1-3-15(18-19)12-7-9-14(10-8-12)21-11-13-5-4-6-16(17-13)20-2/h4-10,19H,3,11H2,1-2H3. The second-order valence-corrected chi connectivity index (χ2v) is 4.38. The third kappa shape index (κ3) is 3.95. The molecule has 0 radical (unpaired) electrons. The van der Waals surface area contributed by atoms with Crippen molar-refractivity contribution in [1.82, 2.24) is 4.98 Å². The third-order valence-corrected chi connectivity index (χ3v) is 3.02. The summed E-state index contributed by atoms with van der Waals surface area (Å²) in [5, 5.41) is 12.2. The molecule has 0 bridgehead atoms. The van der Waals surface area contributed by atoms with Crippen LogP contribution in [0.5, 0.6) is 11.6 Å². The fraction of sp³-hybridized carbons (Fsp3) is 0.250. The molecule has 110 valence electrons. The molecular weight excluding hydrogens is 268 g/mol. The van der Waals surface area contributed by atoms with Gasteiger partial charge in [0.2, 0.25) is 5.88 Å². The van der Waals surface area contributed by atoms with E-state index < -0.39 is 0 Å².